The molecular weight excluding hydrogens is 267 g/mol. The fourth-order valence-corrected chi connectivity index (χ4v) is 2.88. The van der Waals surface area contributed by atoms with Crippen LogP contribution in [0, 0.1) is 18.7 Å². The van der Waals surface area contributed by atoms with Gasteiger partial charge in [-0.1, -0.05) is 12.1 Å². The van der Waals surface area contributed by atoms with Crippen molar-refractivity contribution in [2.75, 3.05) is 0 Å². The number of aryl methyl sites for hydroxylation is 1. The van der Waals surface area contributed by atoms with Gasteiger partial charge in [0.25, 0.3) is 0 Å². The van der Waals surface area contributed by atoms with Gasteiger partial charge in [0.1, 0.15) is 17.2 Å². The molecule has 1 fully saturated rings. The molecule has 1 N–H and O–H groups in total. The highest BCUT2D eigenvalue weighted by Gasteiger charge is 2.31. The minimum absolute atomic E-state index is 0.263. The molecule has 3 aromatic rings. The molecule has 1 unspecified atom stereocenters. The molecule has 1 aliphatic rings. The molecule has 0 spiro atoms. The van der Waals surface area contributed by atoms with E-state index in [-0.39, 0.29) is 5.82 Å². The smallest absolute Gasteiger partial charge is 0.177 e. The molecule has 2 aromatic heterocycles. The number of rotatable bonds is 3. The Hall–Kier alpha value is -2.17. The van der Waals surface area contributed by atoms with E-state index in [1.165, 1.54) is 18.9 Å². The van der Waals surface area contributed by atoms with E-state index in [9.17, 15) is 4.39 Å². The van der Waals surface area contributed by atoms with Crippen LogP contribution in [0.1, 0.15) is 31.5 Å². The van der Waals surface area contributed by atoms with Crippen molar-refractivity contribution in [3.63, 3.8) is 0 Å². The van der Waals surface area contributed by atoms with Gasteiger partial charge in [-0.15, -0.1) is 0 Å². The molecule has 1 saturated carbocycles. The van der Waals surface area contributed by atoms with Gasteiger partial charge in [-0.05, 0) is 44.7 Å². The quantitative estimate of drug-likeness (QED) is 0.794. The van der Waals surface area contributed by atoms with Gasteiger partial charge in [0, 0.05) is 0 Å². The third-order valence-corrected chi connectivity index (χ3v) is 4.34. The highest BCUT2D eigenvalue weighted by atomic mass is 19.1. The molecule has 0 amide bonds. The summed E-state index contributed by atoms with van der Waals surface area (Å²) < 4.78 is 15.9. The van der Waals surface area contributed by atoms with Gasteiger partial charge in [0.2, 0.25) is 0 Å². The zero-order valence-electron chi connectivity index (χ0n) is 12.1. The van der Waals surface area contributed by atoms with E-state index >= 15 is 0 Å². The predicted molar refractivity (Wildman–Crippen MR) is 79.4 cm³/mol. The third kappa shape index (κ3) is 1.95. The van der Waals surface area contributed by atoms with Gasteiger partial charge in [-0.2, -0.15) is 5.10 Å². The van der Waals surface area contributed by atoms with Crippen LogP contribution < -0.4 is 0 Å². The van der Waals surface area contributed by atoms with E-state index in [4.69, 9.17) is 0 Å². The number of fused-ring (bicyclic) bond motifs is 1. The number of imidazole rings is 1. The van der Waals surface area contributed by atoms with Crippen molar-refractivity contribution < 1.29 is 4.39 Å². The molecule has 4 nitrogen and oxygen atoms in total. The minimum atomic E-state index is -0.263. The molecule has 0 saturated heterocycles. The molecule has 21 heavy (non-hydrogen) atoms. The number of aromatic nitrogens is 4. The molecule has 0 bridgehead atoms. The zero-order valence-corrected chi connectivity index (χ0v) is 12.1. The lowest BCUT2D eigenvalue weighted by Gasteiger charge is -2.10. The zero-order chi connectivity index (χ0) is 14.6. The van der Waals surface area contributed by atoms with Crippen molar-refractivity contribution in [3.05, 3.63) is 35.8 Å². The molecule has 5 heteroatoms. The Morgan fingerprint density at radius 1 is 1.33 bits per heavy atom. The second kappa shape index (κ2) is 4.41. The first-order valence-corrected chi connectivity index (χ1v) is 7.35. The van der Waals surface area contributed by atoms with E-state index < -0.39 is 0 Å². The lowest BCUT2D eigenvalue weighted by molar-refractivity contribution is 0.449. The van der Waals surface area contributed by atoms with Gasteiger partial charge in [-0.25, -0.2) is 14.1 Å². The summed E-state index contributed by atoms with van der Waals surface area (Å²) in [7, 11) is 0. The van der Waals surface area contributed by atoms with E-state index in [2.05, 4.69) is 22.0 Å². The second-order valence-electron chi connectivity index (χ2n) is 5.87. The number of halogens is 1. The lowest BCUT2D eigenvalue weighted by atomic mass is 10.2. The van der Waals surface area contributed by atoms with Crippen LogP contribution in [-0.2, 0) is 0 Å². The molecule has 0 aliphatic heterocycles. The maximum absolute atomic E-state index is 13.9. The number of nitrogens with one attached hydrogen (secondary N) is 1. The van der Waals surface area contributed by atoms with Crippen molar-refractivity contribution in [1.82, 2.24) is 19.7 Å². The average molecular weight is 284 g/mol. The molecular formula is C16H17FN4. The first-order valence-electron chi connectivity index (χ1n) is 7.35. The van der Waals surface area contributed by atoms with Crippen LogP contribution in [0.2, 0.25) is 0 Å². The number of hydrogen-bond acceptors (Lipinski definition) is 2. The molecule has 4 rings (SSSR count). The summed E-state index contributed by atoms with van der Waals surface area (Å²) >= 11 is 0. The van der Waals surface area contributed by atoms with Gasteiger partial charge >= 0.3 is 0 Å². The van der Waals surface area contributed by atoms with Gasteiger partial charge in [0.15, 0.2) is 5.65 Å². The van der Waals surface area contributed by atoms with Crippen molar-refractivity contribution >= 4 is 11.2 Å². The standard InChI is InChI=1S/C16H17FN4/c1-9-14-16(21(20-9)10(2)11-7-8-11)19-15(18-14)12-5-3-4-6-13(12)17/h3-6,10-11H,7-8H2,1-2H3,(H,18,19). The first kappa shape index (κ1) is 12.6. The van der Waals surface area contributed by atoms with Crippen molar-refractivity contribution in [1.29, 1.82) is 0 Å². The van der Waals surface area contributed by atoms with E-state index in [0.29, 0.717) is 23.3 Å². The summed E-state index contributed by atoms with van der Waals surface area (Å²) in [5.41, 5.74) is 3.14. The third-order valence-electron chi connectivity index (χ3n) is 4.34. The van der Waals surface area contributed by atoms with Gasteiger partial charge < -0.3 is 4.98 Å². The number of hydrogen-bond donors (Lipinski definition) is 1. The minimum Gasteiger partial charge on any atom is -0.335 e. The van der Waals surface area contributed by atoms with Crippen LogP contribution in [0.5, 0.6) is 0 Å². The van der Waals surface area contributed by atoms with E-state index in [1.54, 1.807) is 12.1 Å². The summed E-state index contributed by atoms with van der Waals surface area (Å²) in [6, 6.07) is 7.04. The molecule has 2 heterocycles. The monoisotopic (exact) mass is 284 g/mol. The Morgan fingerprint density at radius 2 is 2.10 bits per heavy atom. The predicted octanol–water partition coefficient (Wildman–Crippen LogP) is 3.84. The second-order valence-corrected chi connectivity index (χ2v) is 5.87. The topological polar surface area (TPSA) is 46.5 Å². The summed E-state index contributed by atoms with van der Waals surface area (Å²) in [6.45, 7) is 4.14. The highest BCUT2D eigenvalue weighted by Crippen LogP contribution is 2.40. The molecule has 1 atom stereocenters. The van der Waals surface area contributed by atoms with Crippen molar-refractivity contribution in [2.45, 2.75) is 32.7 Å². The Kier molecular flexibility index (Phi) is 2.64. The Labute approximate surface area is 122 Å². The molecule has 1 aromatic carbocycles. The number of nitrogens with zero attached hydrogens (tertiary/aromatic N) is 3. The lowest BCUT2D eigenvalue weighted by Crippen LogP contribution is -2.09. The van der Waals surface area contributed by atoms with Crippen molar-refractivity contribution in [3.8, 4) is 11.4 Å². The highest BCUT2D eigenvalue weighted by molar-refractivity contribution is 5.79. The normalized spacial score (nSPS) is 16.5. The molecule has 0 radical (unpaired) electrons. The van der Waals surface area contributed by atoms with Gasteiger partial charge in [0.05, 0.1) is 17.3 Å². The van der Waals surface area contributed by atoms with E-state index in [0.717, 1.165) is 16.9 Å². The van der Waals surface area contributed by atoms with Crippen LogP contribution >= 0.6 is 0 Å². The van der Waals surface area contributed by atoms with Crippen LogP contribution in [0.25, 0.3) is 22.6 Å². The summed E-state index contributed by atoms with van der Waals surface area (Å²) in [6.07, 6.45) is 2.51. The first-order chi connectivity index (χ1) is 10.1. The number of benzene rings is 1. The maximum Gasteiger partial charge on any atom is 0.177 e. The SMILES string of the molecule is Cc1nn(C(C)C2CC2)c2nc(-c3ccccc3F)[nH]c12. The van der Waals surface area contributed by atoms with E-state index in [1.807, 2.05) is 17.7 Å². The van der Waals surface area contributed by atoms with Crippen molar-refractivity contribution in [2.24, 2.45) is 5.92 Å². The van der Waals surface area contributed by atoms with Crippen LogP contribution in [0.15, 0.2) is 24.3 Å². The summed E-state index contributed by atoms with van der Waals surface area (Å²) in [5.74, 6) is 1.00. The van der Waals surface area contributed by atoms with Crippen LogP contribution in [-0.4, -0.2) is 19.7 Å². The molecule has 108 valence electrons. The number of aromatic amines is 1. The fourth-order valence-electron chi connectivity index (χ4n) is 2.88. The van der Waals surface area contributed by atoms with Crippen LogP contribution in [0.3, 0.4) is 0 Å². The Morgan fingerprint density at radius 3 is 2.81 bits per heavy atom. The average Bonchev–Trinajstić information content (AvgIpc) is 3.16. The fraction of sp³-hybridized carbons (Fsp3) is 0.375. The van der Waals surface area contributed by atoms with Crippen LogP contribution in [0.4, 0.5) is 4.39 Å². The number of H-pyrrole nitrogens is 1. The molecule has 1 aliphatic carbocycles. The largest absolute Gasteiger partial charge is 0.335 e. The Balaban J connectivity index is 1.86. The van der Waals surface area contributed by atoms with Gasteiger partial charge in [-0.3, -0.25) is 0 Å². The Bertz CT molecular complexity index is 813. The summed E-state index contributed by atoms with van der Waals surface area (Å²) in [4.78, 5) is 7.82. The summed E-state index contributed by atoms with van der Waals surface area (Å²) in [5, 5.41) is 4.60. The maximum atomic E-state index is 13.9.